The lowest BCUT2D eigenvalue weighted by Crippen LogP contribution is -2.44. The molecule has 2 heterocycles. The number of nitrogens with two attached hydrogens (primary N) is 1. The Balaban J connectivity index is 2.53. The van der Waals surface area contributed by atoms with Crippen LogP contribution in [0.5, 0.6) is 0 Å². The Morgan fingerprint density at radius 2 is 1.97 bits per heavy atom. The summed E-state index contributed by atoms with van der Waals surface area (Å²) in [5.74, 6) is -0.507. The number of rotatable bonds is 8. The van der Waals surface area contributed by atoms with E-state index < -0.39 is 17.2 Å². The van der Waals surface area contributed by atoms with Gasteiger partial charge in [-0.3, -0.25) is 23.9 Å². The summed E-state index contributed by atoms with van der Waals surface area (Å²) in [6, 6.07) is 2.93. The van der Waals surface area contributed by atoms with Crippen LogP contribution < -0.4 is 27.4 Å². The molecule has 29 heavy (non-hydrogen) atoms. The number of H-pyrrole nitrogens is 1. The molecule has 2 aromatic rings. The van der Waals surface area contributed by atoms with E-state index in [1.165, 1.54) is 26.3 Å². The number of nitrogens with zero attached hydrogens (tertiary/aromatic N) is 3. The van der Waals surface area contributed by atoms with Gasteiger partial charge in [0.05, 0.1) is 0 Å². The highest BCUT2D eigenvalue weighted by Crippen LogP contribution is 2.19. The lowest BCUT2D eigenvalue weighted by molar-refractivity contribution is -0.119. The van der Waals surface area contributed by atoms with E-state index in [9.17, 15) is 19.2 Å². The summed E-state index contributed by atoms with van der Waals surface area (Å²) >= 11 is 3.28. The molecule has 0 fully saturated rings. The molecule has 0 aliphatic heterocycles. The Morgan fingerprint density at radius 1 is 1.28 bits per heavy atom. The third kappa shape index (κ3) is 5.47. The molecule has 0 spiro atoms. The quantitative estimate of drug-likeness (QED) is 0.609. The summed E-state index contributed by atoms with van der Waals surface area (Å²) in [5, 5.41) is 0. The van der Waals surface area contributed by atoms with Crippen molar-refractivity contribution in [3.05, 3.63) is 54.0 Å². The minimum atomic E-state index is -0.726. The molecule has 0 saturated carbocycles. The van der Waals surface area contributed by atoms with Gasteiger partial charge in [0.25, 0.3) is 11.1 Å². The zero-order chi connectivity index (χ0) is 21.7. The van der Waals surface area contributed by atoms with Crippen LogP contribution in [-0.4, -0.2) is 26.6 Å². The van der Waals surface area contributed by atoms with Crippen molar-refractivity contribution in [2.75, 3.05) is 17.2 Å². The second-order valence-electron chi connectivity index (χ2n) is 7.21. The fourth-order valence-corrected chi connectivity index (χ4v) is 3.30. The number of carbonyl (C=O) groups excluding carboxylic acids is 1. The summed E-state index contributed by atoms with van der Waals surface area (Å²) in [4.78, 5) is 53.4. The molecule has 2 rings (SSSR count). The number of amides is 1. The molecule has 0 aromatic carbocycles. The van der Waals surface area contributed by atoms with Crippen LogP contribution in [-0.2, 0) is 17.9 Å². The summed E-state index contributed by atoms with van der Waals surface area (Å²) < 4.78 is 3.16. The van der Waals surface area contributed by atoms with E-state index in [4.69, 9.17) is 5.73 Å². The first-order valence-electron chi connectivity index (χ1n) is 9.44. The van der Waals surface area contributed by atoms with Gasteiger partial charge in [-0.15, -0.1) is 0 Å². The number of aromatic nitrogens is 3. The minimum absolute atomic E-state index is 0.0213. The van der Waals surface area contributed by atoms with Gasteiger partial charge in [0.2, 0.25) is 5.91 Å². The van der Waals surface area contributed by atoms with Crippen LogP contribution in [0.15, 0.2) is 37.2 Å². The van der Waals surface area contributed by atoms with E-state index in [-0.39, 0.29) is 36.1 Å². The standard InChI is InChI=1S/C19H26BrN5O4/c1-4-5-8-24-17(21)16(18(28)22-19(24)29)25(9-12(2)3)15(27)11-23-10-13(20)6-7-14(23)26/h6-7,10,12H,4-5,8-9,11,21H2,1-3H3,(H,22,28,29). The van der Waals surface area contributed by atoms with E-state index in [0.29, 0.717) is 17.4 Å². The van der Waals surface area contributed by atoms with Crippen molar-refractivity contribution >= 4 is 33.3 Å². The molecule has 2 aromatic heterocycles. The highest BCUT2D eigenvalue weighted by Gasteiger charge is 2.25. The minimum Gasteiger partial charge on any atom is -0.383 e. The third-order valence-corrected chi connectivity index (χ3v) is 4.79. The number of hydrogen-bond donors (Lipinski definition) is 2. The van der Waals surface area contributed by atoms with Crippen LogP contribution in [0.3, 0.4) is 0 Å². The van der Waals surface area contributed by atoms with Crippen molar-refractivity contribution in [2.45, 2.75) is 46.7 Å². The normalized spacial score (nSPS) is 11.1. The monoisotopic (exact) mass is 467 g/mol. The number of nitrogens with one attached hydrogen (secondary N) is 1. The number of halogens is 1. The maximum atomic E-state index is 13.1. The second-order valence-corrected chi connectivity index (χ2v) is 8.13. The molecular weight excluding hydrogens is 442 g/mol. The van der Waals surface area contributed by atoms with Crippen LogP contribution in [0, 0.1) is 5.92 Å². The fourth-order valence-electron chi connectivity index (χ4n) is 2.92. The van der Waals surface area contributed by atoms with Gasteiger partial charge in [0.15, 0.2) is 5.69 Å². The molecule has 0 atom stereocenters. The maximum Gasteiger partial charge on any atom is 0.330 e. The van der Waals surface area contributed by atoms with Gasteiger partial charge in [-0.25, -0.2) is 4.79 Å². The highest BCUT2D eigenvalue weighted by molar-refractivity contribution is 9.10. The Hall–Kier alpha value is -2.62. The van der Waals surface area contributed by atoms with Gasteiger partial charge in [-0.05, 0) is 34.3 Å². The van der Waals surface area contributed by atoms with Crippen LogP contribution in [0.1, 0.15) is 33.6 Å². The topological polar surface area (TPSA) is 123 Å². The molecular formula is C19H26BrN5O4. The molecule has 0 unspecified atom stereocenters. The largest absolute Gasteiger partial charge is 0.383 e. The van der Waals surface area contributed by atoms with Crippen molar-refractivity contribution in [1.29, 1.82) is 0 Å². The molecule has 0 bridgehead atoms. The SMILES string of the molecule is CCCCn1c(N)c(N(CC(C)C)C(=O)Cn2cc(Br)ccc2=O)c(=O)[nH]c1=O. The first kappa shape index (κ1) is 22.7. The first-order valence-corrected chi connectivity index (χ1v) is 10.2. The Bertz CT molecular complexity index is 1050. The van der Waals surface area contributed by atoms with Crippen molar-refractivity contribution < 1.29 is 4.79 Å². The van der Waals surface area contributed by atoms with Crippen molar-refractivity contribution in [2.24, 2.45) is 5.92 Å². The molecule has 10 heteroatoms. The number of hydrogen-bond acceptors (Lipinski definition) is 5. The maximum absolute atomic E-state index is 13.1. The molecule has 1 amide bonds. The van der Waals surface area contributed by atoms with Crippen LogP contribution in [0.2, 0.25) is 0 Å². The number of carbonyl (C=O) groups is 1. The van der Waals surface area contributed by atoms with Gasteiger partial charge in [0.1, 0.15) is 12.4 Å². The third-order valence-electron chi connectivity index (χ3n) is 4.32. The van der Waals surface area contributed by atoms with Gasteiger partial charge in [-0.2, -0.15) is 0 Å². The van der Waals surface area contributed by atoms with E-state index >= 15 is 0 Å². The summed E-state index contributed by atoms with van der Waals surface area (Å²) in [7, 11) is 0. The fraction of sp³-hybridized carbons (Fsp3) is 0.474. The molecule has 0 saturated heterocycles. The number of anilines is 2. The Labute approximate surface area is 176 Å². The van der Waals surface area contributed by atoms with Crippen molar-refractivity contribution in [1.82, 2.24) is 14.1 Å². The van der Waals surface area contributed by atoms with E-state index in [2.05, 4.69) is 20.9 Å². The molecule has 9 nitrogen and oxygen atoms in total. The lowest BCUT2D eigenvalue weighted by atomic mass is 10.2. The molecule has 0 aliphatic rings. The predicted octanol–water partition coefficient (Wildman–Crippen LogP) is 1.53. The zero-order valence-corrected chi connectivity index (χ0v) is 18.4. The molecule has 3 N–H and O–H groups in total. The average molecular weight is 468 g/mol. The average Bonchev–Trinajstić information content (AvgIpc) is 2.63. The highest BCUT2D eigenvalue weighted by atomic mass is 79.9. The van der Waals surface area contributed by atoms with Gasteiger partial charge in [0, 0.05) is 29.8 Å². The lowest BCUT2D eigenvalue weighted by Gasteiger charge is -2.26. The number of aromatic amines is 1. The molecule has 0 aliphatic carbocycles. The van der Waals surface area contributed by atoms with Crippen LogP contribution in [0.4, 0.5) is 11.5 Å². The van der Waals surface area contributed by atoms with Gasteiger partial charge < -0.3 is 15.2 Å². The van der Waals surface area contributed by atoms with E-state index in [1.807, 2.05) is 20.8 Å². The Morgan fingerprint density at radius 3 is 2.59 bits per heavy atom. The van der Waals surface area contributed by atoms with E-state index in [0.717, 1.165) is 6.42 Å². The van der Waals surface area contributed by atoms with Crippen molar-refractivity contribution in [3.63, 3.8) is 0 Å². The summed E-state index contributed by atoms with van der Waals surface area (Å²) in [6.07, 6.45) is 3.03. The van der Waals surface area contributed by atoms with Crippen molar-refractivity contribution in [3.8, 4) is 0 Å². The molecule has 0 radical (unpaired) electrons. The van der Waals surface area contributed by atoms with Gasteiger partial charge >= 0.3 is 5.69 Å². The predicted molar refractivity (Wildman–Crippen MR) is 116 cm³/mol. The zero-order valence-electron chi connectivity index (χ0n) is 16.8. The summed E-state index contributed by atoms with van der Waals surface area (Å²) in [6.45, 7) is 6.03. The van der Waals surface area contributed by atoms with Crippen LogP contribution >= 0.6 is 15.9 Å². The van der Waals surface area contributed by atoms with E-state index in [1.54, 1.807) is 6.07 Å². The first-order chi connectivity index (χ1) is 13.6. The number of pyridine rings is 1. The van der Waals surface area contributed by atoms with Crippen LogP contribution in [0.25, 0.3) is 0 Å². The number of unbranched alkanes of at least 4 members (excludes halogenated alkanes) is 1. The number of nitrogen functional groups attached to an aromatic ring is 1. The summed E-state index contributed by atoms with van der Waals surface area (Å²) in [5.41, 5.74) is 4.41. The molecule has 158 valence electrons. The van der Waals surface area contributed by atoms with Gasteiger partial charge in [-0.1, -0.05) is 27.2 Å². The Kier molecular flexibility index (Phi) is 7.60. The second kappa shape index (κ2) is 9.73. The smallest absolute Gasteiger partial charge is 0.330 e.